The minimum absolute atomic E-state index is 0.0642. The number of sulfone groups is 1. The van der Waals surface area contributed by atoms with Gasteiger partial charge in [-0.25, -0.2) is 8.42 Å². The third kappa shape index (κ3) is 5.15. The van der Waals surface area contributed by atoms with Crippen molar-refractivity contribution in [3.8, 4) is 0 Å². The van der Waals surface area contributed by atoms with Crippen molar-refractivity contribution in [1.29, 1.82) is 0 Å². The van der Waals surface area contributed by atoms with Crippen LogP contribution >= 0.6 is 0 Å². The fourth-order valence-corrected chi connectivity index (χ4v) is 4.63. The highest BCUT2D eigenvalue weighted by molar-refractivity contribution is 7.91. The van der Waals surface area contributed by atoms with Crippen molar-refractivity contribution in [3.05, 3.63) is 29.8 Å². The van der Waals surface area contributed by atoms with Gasteiger partial charge in [-0.15, -0.1) is 0 Å². The predicted octanol–water partition coefficient (Wildman–Crippen LogP) is 3.57. The molecule has 134 valence electrons. The SMILES string of the molecule is CCCCS(=O)(=O)c1ccc(C(=O)C(C)CN2CCCCC2)cc1. The zero-order chi connectivity index (χ0) is 17.6. The summed E-state index contributed by atoms with van der Waals surface area (Å²) in [7, 11) is -3.23. The Hall–Kier alpha value is -1.20. The van der Waals surface area contributed by atoms with Crippen molar-refractivity contribution >= 4 is 15.6 Å². The van der Waals surface area contributed by atoms with Gasteiger partial charge in [-0.3, -0.25) is 4.79 Å². The number of likely N-dealkylation sites (tertiary alicyclic amines) is 1. The van der Waals surface area contributed by atoms with Crippen molar-refractivity contribution < 1.29 is 13.2 Å². The van der Waals surface area contributed by atoms with E-state index < -0.39 is 9.84 Å². The van der Waals surface area contributed by atoms with Crippen LogP contribution in [0.25, 0.3) is 0 Å². The highest BCUT2D eigenvalue weighted by Gasteiger charge is 2.21. The Morgan fingerprint density at radius 1 is 1.12 bits per heavy atom. The van der Waals surface area contributed by atoms with Gasteiger partial charge in [-0.05, 0) is 44.5 Å². The van der Waals surface area contributed by atoms with Gasteiger partial charge in [0.05, 0.1) is 10.6 Å². The number of unbranched alkanes of at least 4 members (excludes halogenated alkanes) is 1. The van der Waals surface area contributed by atoms with E-state index in [1.807, 2.05) is 13.8 Å². The van der Waals surface area contributed by atoms with Crippen LogP contribution in [0.5, 0.6) is 0 Å². The number of benzene rings is 1. The van der Waals surface area contributed by atoms with Crippen molar-refractivity contribution in [2.24, 2.45) is 5.92 Å². The lowest BCUT2D eigenvalue weighted by molar-refractivity contribution is 0.0883. The Balaban J connectivity index is 1.99. The zero-order valence-electron chi connectivity index (χ0n) is 14.8. The number of hydrogen-bond acceptors (Lipinski definition) is 4. The molecule has 0 spiro atoms. The summed E-state index contributed by atoms with van der Waals surface area (Å²) in [6, 6.07) is 6.47. The Kier molecular flexibility index (Phi) is 6.99. The summed E-state index contributed by atoms with van der Waals surface area (Å²) < 4.78 is 24.4. The molecule has 0 amide bonds. The molecule has 1 aliphatic heterocycles. The number of hydrogen-bond donors (Lipinski definition) is 0. The number of carbonyl (C=O) groups excluding carboxylic acids is 1. The lowest BCUT2D eigenvalue weighted by atomic mass is 9.98. The van der Waals surface area contributed by atoms with Crippen LogP contribution < -0.4 is 0 Å². The van der Waals surface area contributed by atoms with E-state index in [-0.39, 0.29) is 17.5 Å². The monoisotopic (exact) mass is 351 g/mol. The zero-order valence-corrected chi connectivity index (χ0v) is 15.6. The summed E-state index contributed by atoms with van der Waals surface area (Å²) in [4.78, 5) is 15.2. The van der Waals surface area contributed by atoms with Crippen molar-refractivity contribution in [2.75, 3.05) is 25.4 Å². The van der Waals surface area contributed by atoms with Crippen LogP contribution in [-0.4, -0.2) is 44.5 Å². The minimum atomic E-state index is -3.23. The van der Waals surface area contributed by atoms with E-state index in [9.17, 15) is 13.2 Å². The summed E-state index contributed by atoms with van der Waals surface area (Å²) in [5.74, 6) is 0.200. The highest BCUT2D eigenvalue weighted by Crippen LogP contribution is 2.18. The molecule has 2 rings (SSSR count). The first kappa shape index (κ1) is 19.1. The first-order valence-electron chi connectivity index (χ1n) is 9.03. The molecule has 1 saturated heterocycles. The average Bonchev–Trinajstić information content (AvgIpc) is 2.60. The van der Waals surface area contributed by atoms with Crippen LogP contribution in [0, 0.1) is 5.92 Å². The van der Waals surface area contributed by atoms with Crippen LogP contribution in [0.1, 0.15) is 56.3 Å². The van der Waals surface area contributed by atoms with E-state index in [1.54, 1.807) is 24.3 Å². The second kappa shape index (κ2) is 8.77. The Labute approximate surface area is 146 Å². The second-order valence-electron chi connectivity index (χ2n) is 6.82. The van der Waals surface area contributed by atoms with Gasteiger partial charge in [0.2, 0.25) is 0 Å². The number of ketones is 1. The topological polar surface area (TPSA) is 54.5 Å². The standard InChI is InChI=1S/C19H29NO3S/c1-3-4-14-24(22,23)18-10-8-17(9-11-18)19(21)16(2)15-20-12-6-5-7-13-20/h8-11,16H,3-7,12-15H2,1-2H3. The Morgan fingerprint density at radius 2 is 1.75 bits per heavy atom. The molecule has 4 nitrogen and oxygen atoms in total. The largest absolute Gasteiger partial charge is 0.303 e. The van der Waals surface area contributed by atoms with Gasteiger partial charge in [0.25, 0.3) is 0 Å². The van der Waals surface area contributed by atoms with Crippen molar-refractivity contribution in [3.63, 3.8) is 0 Å². The maximum Gasteiger partial charge on any atom is 0.178 e. The van der Waals surface area contributed by atoms with E-state index >= 15 is 0 Å². The summed E-state index contributed by atoms with van der Waals surface area (Å²) >= 11 is 0. The predicted molar refractivity (Wildman–Crippen MR) is 97.2 cm³/mol. The molecular weight excluding hydrogens is 322 g/mol. The number of Topliss-reactive ketones (excluding diaryl/α,β-unsaturated/α-hetero) is 1. The van der Waals surface area contributed by atoms with Gasteiger partial charge in [-0.2, -0.15) is 0 Å². The van der Waals surface area contributed by atoms with Crippen molar-refractivity contribution in [1.82, 2.24) is 4.90 Å². The van der Waals surface area contributed by atoms with Crippen LogP contribution in [-0.2, 0) is 9.84 Å². The van der Waals surface area contributed by atoms with E-state index in [4.69, 9.17) is 0 Å². The molecule has 1 heterocycles. The first-order valence-corrected chi connectivity index (χ1v) is 10.7. The quantitative estimate of drug-likeness (QED) is 0.672. The number of carbonyl (C=O) groups is 1. The second-order valence-corrected chi connectivity index (χ2v) is 8.93. The number of piperidine rings is 1. The molecule has 1 unspecified atom stereocenters. The summed E-state index contributed by atoms with van der Waals surface area (Å²) in [6.07, 6.45) is 5.23. The third-order valence-corrected chi connectivity index (χ3v) is 6.51. The van der Waals surface area contributed by atoms with Crippen LogP contribution in [0.3, 0.4) is 0 Å². The normalized spacial score (nSPS) is 17.6. The average molecular weight is 352 g/mol. The summed E-state index contributed by atoms with van der Waals surface area (Å²) in [5, 5.41) is 0. The van der Waals surface area contributed by atoms with E-state index in [0.717, 1.165) is 26.1 Å². The molecule has 0 radical (unpaired) electrons. The molecule has 24 heavy (non-hydrogen) atoms. The van der Waals surface area contributed by atoms with Gasteiger partial charge in [-0.1, -0.05) is 38.8 Å². The molecule has 0 aromatic heterocycles. The minimum Gasteiger partial charge on any atom is -0.303 e. The lowest BCUT2D eigenvalue weighted by Gasteiger charge is -2.28. The van der Waals surface area contributed by atoms with E-state index in [2.05, 4.69) is 4.90 Å². The summed E-state index contributed by atoms with van der Waals surface area (Å²) in [6.45, 7) is 6.87. The molecule has 0 saturated carbocycles. The van der Waals surface area contributed by atoms with Crippen LogP contribution in [0.2, 0.25) is 0 Å². The van der Waals surface area contributed by atoms with Crippen LogP contribution in [0.15, 0.2) is 29.2 Å². The molecule has 5 heteroatoms. The van der Waals surface area contributed by atoms with Crippen molar-refractivity contribution in [2.45, 2.75) is 50.8 Å². The van der Waals surface area contributed by atoms with Gasteiger partial charge in [0.15, 0.2) is 15.6 Å². The first-order chi connectivity index (χ1) is 11.4. The number of nitrogens with zero attached hydrogens (tertiary/aromatic N) is 1. The van der Waals surface area contributed by atoms with E-state index in [1.165, 1.54) is 19.3 Å². The molecule has 1 aromatic rings. The van der Waals surface area contributed by atoms with E-state index in [0.29, 0.717) is 16.9 Å². The molecule has 1 aliphatic rings. The maximum atomic E-state index is 12.6. The molecule has 1 aromatic carbocycles. The van der Waals surface area contributed by atoms with Gasteiger partial charge in [0.1, 0.15) is 0 Å². The highest BCUT2D eigenvalue weighted by atomic mass is 32.2. The molecular formula is C19H29NO3S. The Morgan fingerprint density at radius 3 is 2.33 bits per heavy atom. The maximum absolute atomic E-state index is 12.6. The molecule has 1 fully saturated rings. The third-order valence-electron chi connectivity index (χ3n) is 4.69. The molecule has 1 atom stereocenters. The van der Waals surface area contributed by atoms with Gasteiger partial charge in [0, 0.05) is 18.0 Å². The Bertz CT molecular complexity index is 631. The fourth-order valence-electron chi connectivity index (χ4n) is 3.18. The smallest absolute Gasteiger partial charge is 0.178 e. The van der Waals surface area contributed by atoms with Gasteiger partial charge < -0.3 is 4.90 Å². The lowest BCUT2D eigenvalue weighted by Crippen LogP contribution is -2.35. The molecule has 0 bridgehead atoms. The number of rotatable bonds is 8. The molecule has 0 N–H and O–H groups in total. The fraction of sp³-hybridized carbons (Fsp3) is 0.632. The van der Waals surface area contributed by atoms with Crippen LogP contribution in [0.4, 0.5) is 0 Å². The van der Waals surface area contributed by atoms with Gasteiger partial charge >= 0.3 is 0 Å². The summed E-state index contributed by atoms with van der Waals surface area (Å²) in [5.41, 5.74) is 0.606. The molecule has 0 aliphatic carbocycles.